The number of hydrogen-bond acceptors (Lipinski definition) is 7. The number of methoxy groups -OCH3 is 1. The molecule has 0 amide bonds. The summed E-state index contributed by atoms with van der Waals surface area (Å²) in [5, 5.41) is 0. The van der Waals surface area contributed by atoms with Crippen molar-refractivity contribution in [3.8, 4) is 11.5 Å². The first-order valence-corrected chi connectivity index (χ1v) is 11.5. The largest absolute Gasteiger partial charge is 0.496 e. The molecule has 0 saturated heterocycles. The molecule has 3 rings (SSSR count). The van der Waals surface area contributed by atoms with Crippen LogP contribution in [0.3, 0.4) is 0 Å². The molecule has 2 aromatic carbocycles. The number of carbonyl (C=O) groups is 2. The van der Waals surface area contributed by atoms with E-state index in [1.807, 2.05) is 32.0 Å². The van der Waals surface area contributed by atoms with Crippen molar-refractivity contribution in [1.82, 2.24) is 9.55 Å². The van der Waals surface area contributed by atoms with E-state index in [0.29, 0.717) is 50.5 Å². The average molecular weight is 469 g/mol. The molecular formula is C26H32N2O6. The Hall–Kier alpha value is -3.55. The number of aryl methyl sites for hydroxylation is 2. The van der Waals surface area contributed by atoms with E-state index in [1.165, 1.54) is 0 Å². The summed E-state index contributed by atoms with van der Waals surface area (Å²) in [7, 11) is 1.58. The van der Waals surface area contributed by atoms with Gasteiger partial charge in [0.1, 0.15) is 17.3 Å². The molecule has 34 heavy (non-hydrogen) atoms. The molecule has 0 radical (unpaired) electrons. The highest BCUT2D eigenvalue weighted by molar-refractivity contribution is 5.90. The smallest absolute Gasteiger partial charge is 0.338 e. The third-order valence-corrected chi connectivity index (χ3v) is 5.43. The average Bonchev–Trinajstić information content (AvgIpc) is 3.13. The van der Waals surface area contributed by atoms with Gasteiger partial charge in [-0.3, -0.25) is 4.79 Å². The lowest BCUT2D eigenvalue weighted by Crippen LogP contribution is -2.08. The van der Waals surface area contributed by atoms with E-state index in [1.54, 1.807) is 33.1 Å². The number of imidazole rings is 1. The third-order valence-electron chi connectivity index (χ3n) is 5.43. The van der Waals surface area contributed by atoms with Crippen LogP contribution in [0.15, 0.2) is 30.3 Å². The van der Waals surface area contributed by atoms with Crippen molar-refractivity contribution in [2.24, 2.45) is 0 Å². The van der Waals surface area contributed by atoms with E-state index < -0.39 is 0 Å². The quantitative estimate of drug-likeness (QED) is 0.300. The molecule has 3 aromatic rings. The lowest BCUT2D eigenvalue weighted by atomic mass is 10.1. The maximum Gasteiger partial charge on any atom is 0.338 e. The molecule has 0 unspecified atom stereocenters. The summed E-state index contributed by atoms with van der Waals surface area (Å²) in [6.07, 6.45) is 0.909. The summed E-state index contributed by atoms with van der Waals surface area (Å²) in [5.74, 6) is 1.59. The fraction of sp³-hybridized carbons (Fsp3) is 0.423. The Balaban J connectivity index is 1.83. The first-order chi connectivity index (χ1) is 16.4. The third kappa shape index (κ3) is 5.87. The molecule has 1 heterocycles. The molecular weight excluding hydrogens is 436 g/mol. The maximum atomic E-state index is 12.1. The lowest BCUT2D eigenvalue weighted by Gasteiger charge is -2.14. The van der Waals surface area contributed by atoms with E-state index in [4.69, 9.17) is 23.9 Å². The van der Waals surface area contributed by atoms with Crippen molar-refractivity contribution < 1.29 is 28.5 Å². The Labute approximate surface area is 199 Å². The van der Waals surface area contributed by atoms with Gasteiger partial charge in [0.25, 0.3) is 0 Å². The maximum absolute atomic E-state index is 12.1. The Kier molecular flexibility index (Phi) is 8.51. The number of aromatic nitrogens is 2. The van der Waals surface area contributed by atoms with E-state index in [0.717, 1.165) is 33.7 Å². The zero-order valence-corrected chi connectivity index (χ0v) is 20.5. The van der Waals surface area contributed by atoms with Gasteiger partial charge in [-0.15, -0.1) is 0 Å². The summed E-state index contributed by atoms with van der Waals surface area (Å²) in [6.45, 7) is 9.15. The fourth-order valence-corrected chi connectivity index (χ4v) is 3.79. The van der Waals surface area contributed by atoms with Gasteiger partial charge in [0, 0.05) is 18.1 Å². The van der Waals surface area contributed by atoms with Crippen LogP contribution in [0.25, 0.3) is 11.0 Å². The number of carbonyl (C=O) groups excluding carboxylic acids is 2. The van der Waals surface area contributed by atoms with Gasteiger partial charge < -0.3 is 23.5 Å². The second-order valence-electron chi connectivity index (χ2n) is 7.86. The van der Waals surface area contributed by atoms with Crippen LogP contribution >= 0.6 is 0 Å². The molecule has 0 N–H and O–H groups in total. The van der Waals surface area contributed by atoms with Crippen LogP contribution in [0.5, 0.6) is 11.5 Å². The Bertz CT molecular complexity index is 1170. The molecule has 182 valence electrons. The summed E-state index contributed by atoms with van der Waals surface area (Å²) in [5.41, 5.74) is 4.21. The van der Waals surface area contributed by atoms with Crippen LogP contribution in [0, 0.1) is 13.8 Å². The zero-order valence-electron chi connectivity index (χ0n) is 20.5. The molecule has 0 aliphatic carbocycles. The second-order valence-corrected chi connectivity index (χ2v) is 7.86. The van der Waals surface area contributed by atoms with Crippen LogP contribution in [-0.2, 0) is 20.8 Å². The molecule has 0 spiro atoms. The molecule has 8 heteroatoms. The van der Waals surface area contributed by atoms with Crippen LogP contribution in [-0.4, -0.2) is 48.4 Å². The second kappa shape index (κ2) is 11.5. The zero-order chi connectivity index (χ0) is 24.7. The Morgan fingerprint density at radius 3 is 2.50 bits per heavy atom. The number of ether oxygens (including phenoxy) is 4. The number of esters is 2. The van der Waals surface area contributed by atoms with Gasteiger partial charge in [0.2, 0.25) is 0 Å². The Morgan fingerprint density at radius 2 is 1.79 bits per heavy atom. The molecule has 1 aromatic heterocycles. The van der Waals surface area contributed by atoms with Crippen LogP contribution < -0.4 is 9.47 Å². The number of fused-ring (bicyclic) bond motifs is 1. The van der Waals surface area contributed by atoms with Crippen LogP contribution in [0.2, 0.25) is 0 Å². The van der Waals surface area contributed by atoms with Crippen LogP contribution in [0.1, 0.15) is 54.0 Å². The summed E-state index contributed by atoms with van der Waals surface area (Å²) < 4.78 is 23.6. The van der Waals surface area contributed by atoms with Gasteiger partial charge in [0.05, 0.1) is 50.1 Å². The van der Waals surface area contributed by atoms with Crippen molar-refractivity contribution in [1.29, 1.82) is 0 Å². The van der Waals surface area contributed by atoms with Crippen molar-refractivity contribution in [2.75, 3.05) is 26.9 Å². The van der Waals surface area contributed by atoms with Gasteiger partial charge in [-0.2, -0.15) is 0 Å². The highest BCUT2D eigenvalue weighted by Gasteiger charge is 2.16. The molecule has 8 nitrogen and oxygen atoms in total. The van der Waals surface area contributed by atoms with E-state index in [2.05, 4.69) is 4.57 Å². The first kappa shape index (κ1) is 25.1. The van der Waals surface area contributed by atoms with Gasteiger partial charge in [-0.1, -0.05) is 6.07 Å². The predicted octanol–water partition coefficient (Wildman–Crippen LogP) is 4.61. The number of rotatable bonds is 11. The standard InChI is InChI=1S/C26H32N2O6/c1-6-32-24(29)9-8-12-34-21-13-17(3)25-22(15-21)28(18(4)27-25)16-20-11-10-19(14-23(20)31-5)26(30)33-7-2/h10-11,13-15H,6-9,12,16H2,1-5H3. The molecule has 0 aliphatic heterocycles. The van der Waals surface area contributed by atoms with Crippen molar-refractivity contribution >= 4 is 23.0 Å². The van der Waals surface area contributed by atoms with E-state index in [9.17, 15) is 9.59 Å². The number of benzene rings is 2. The van der Waals surface area contributed by atoms with Gasteiger partial charge in [-0.05, 0) is 57.9 Å². The highest BCUT2D eigenvalue weighted by atomic mass is 16.5. The van der Waals surface area contributed by atoms with Gasteiger partial charge >= 0.3 is 11.9 Å². The summed E-state index contributed by atoms with van der Waals surface area (Å²) in [6, 6.07) is 9.24. The Morgan fingerprint density at radius 1 is 1.03 bits per heavy atom. The minimum atomic E-state index is -0.378. The minimum Gasteiger partial charge on any atom is -0.496 e. The highest BCUT2D eigenvalue weighted by Crippen LogP contribution is 2.29. The molecule has 0 saturated carbocycles. The lowest BCUT2D eigenvalue weighted by molar-refractivity contribution is -0.143. The van der Waals surface area contributed by atoms with Crippen molar-refractivity contribution in [2.45, 2.75) is 47.1 Å². The van der Waals surface area contributed by atoms with Crippen LogP contribution in [0.4, 0.5) is 0 Å². The number of hydrogen-bond donors (Lipinski definition) is 0. The van der Waals surface area contributed by atoms with Gasteiger partial charge in [-0.25, -0.2) is 9.78 Å². The fourth-order valence-electron chi connectivity index (χ4n) is 3.79. The predicted molar refractivity (Wildman–Crippen MR) is 129 cm³/mol. The normalized spacial score (nSPS) is 10.9. The van der Waals surface area contributed by atoms with Crippen molar-refractivity contribution in [3.05, 3.63) is 52.8 Å². The van der Waals surface area contributed by atoms with Gasteiger partial charge in [0.15, 0.2) is 0 Å². The summed E-state index contributed by atoms with van der Waals surface area (Å²) in [4.78, 5) is 28.4. The number of nitrogens with zero attached hydrogens (tertiary/aromatic N) is 2. The summed E-state index contributed by atoms with van der Waals surface area (Å²) >= 11 is 0. The van der Waals surface area contributed by atoms with E-state index in [-0.39, 0.29) is 11.9 Å². The molecule has 0 bridgehead atoms. The topological polar surface area (TPSA) is 88.9 Å². The first-order valence-electron chi connectivity index (χ1n) is 11.5. The SMILES string of the molecule is CCOC(=O)CCCOc1cc(C)c2nc(C)n(Cc3ccc(C(=O)OCC)cc3OC)c2c1. The molecule has 0 fully saturated rings. The molecule has 0 aliphatic rings. The van der Waals surface area contributed by atoms with E-state index >= 15 is 0 Å². The van der Waals surface area contributed by atoms with Crippen molar-refractivity contribution in [3.63, 3.8) is 0 Å². The molecule has 0 atom stereocenters. The monoisotopic (exact) mass is 468 g/mol. The minimum absolute atomic E-state index is 0.214.